The van der Waals surface area contributed by atoms with Gasteiger partial charge in [-0.1, -0.05) is 35.3 Å². The summed E-state index contributed by atoms with van der Waals surface area (Å²) in [5.74, 6) is 0.466. The molecule has 4 aromatic rings. The van der Waals surface area contributed by atoms with E-state index in [1.165, 1.54) is 0 Å². The third kappa shape index (κ3) is 4.05. The molecule has 27 heavy (non-hydrogen) atoms. The molecule has 2 amide bonds. The Morgan fingerprint density at radius 3 is 2.30 bits per heavy atom. The molecule has 0 bridgehead atoms. The zero-order valence-corrected chi connectivity index (χ0v) is 15.4. The number of oxazole rings is 1. The highest BCUT2D eigenvalue weighted by molar-refractivity contribution is 6.31. The molecule has 0 atom stereocenters. The van der Waals surface area contributed by atoms with Crippen LogP contribution in [0, 0.1) is 0 Å². The van der Waals surface area contributed by atoms with Gasteiger partial charge in [0.2, 0.25) is 5.89 Å². The summed E-state index contributed by atoms with van der Waals surface area (Å²) in [6.07, 6.45) is 0. The third-order valence-corrected chi connectivity index (χ3v) is 4.27. The van der Waals surface area contributed by atoms with Crippen molar-refractivity contribution in [1.82, 2.24) is 4.98 Å². The van der Waals surface area contributed by atoms with Crippen molar-refractivity contribution in [2.75, 3.05) is 10.6 Å². The lowest BCUT2D eigenvalue weighted by molar-refractivity contribution is 0.262. The van der Waals surface area contributed by atoms with Crippen LogP contribution in [0.4, 0.5) is 16.2 Å². The van der Waals surface area contributed by atoms with Crippen LogP contribution in [-0.4, -0.2) is 11.0 Å². The zero-order valence-electron chi connectivity index (χ0n) is 13.9. The maximum atomic E-state index is 12.2. The normalized spacial score (nSPS) is 10.7. The molecule has 0 saturated carbocycles. The van der Waals surface area contributed by atoms with Gasteiger partial charge in [0.25, 0.3) is 0 Å². The number of carbonyl (C=O) groups excluding carboxylic acids is 1. The van der Waals surface area contributed by atoms with Crippen molar-refractivity contribution in [3.05, 3.63) is 76.8 Å². The molecule has 7 heteroatoms. The average molecular weight is 398 g/mol. The van der Waals surface area contributed by atoms with E-state index in [0.717, 1.165) is 5.56 Å². The minimum Gasteiger partial charge on any atom is -0.436 e. The number of urea groups is 1. The van der Waals surface area contributed by atoms with Crippen LogP contribution in [0.5, 0.6) is 0 Å². The topological polar surface area (TPSA) is 67.2 Å². The van der Waals surface area contributed by atoms with E-state index in [0.29, 0.717) is 38.4 Å². The van der Waals surface area contributed by atoms with Gasteiger partial charge in [0.15, 0.2) is 5.58 Å². The van der Waals surface area contributed by atoms with Gasteiger partial charge in [0.1, 0.15) is 5.52 Å². The maximum absolute atomic E-state index is 12.2. The first kappa shape index (κ1) is 17.4. The van der Waals surface area contributed by atoms with Crippen LogP contribution in [0.3, 0.4) is 0 Å². The maximum Gasteiger partial charge on any atom is 0.323 e. The predicted octanol–water partition coefficient (Wildman–Crippen LogP) is 6.45. The SMILES string of the molecule is O=C(Nc1cccc(Cl)c1)Nc1ccc2nc(-c3cccc(Cl)c3)oc2c1. The number of amides is 2. The van der Waals surface area contributed by atoms with Gasteiger partial charge in [-0.05, 0) is 48.5 Å². The Hall–Kier alpha value is -3.02. The van der Waals surface area contributed by atoms with Gasteiger partial charge in [0.05, 0.1) is 0 Å². The summed E-state index contributed by atoms with van der Waals surface area (Å²) >= 11 is 11.9. The first-order valence-corrected chi connectivity index (χ1v) is 8.82. The summed E-state index contributed by atoms with van der Waals surface area (Å²) < 4.78 is 5.81. The Morgan fingerprint density at radius 2 is 1.56 bits per heavy atom. The lowest BCUT2D eigenvalue weighted by Gasteiger charge is -2.07. The van der Waals surface area contributed by atoms with Gasteiger partial charge in [-0.3, -0.25) is 0 Å². The summed E-state index contributed by atoms with van der Waals surface area (Å²) in [4.78, 5) is 16.6. The highest BCUT2D eigenvalue weighted by atomic mass is 35.5. The number of halogens is 2. The largest absolute Gasteiger partial charge is 0.436 e. The number of aromatic nitrogens is 1. The van der Waals surface area contributed by atoms with E-state index in [1.807, 2.05) is 12.1 Å². The van der Waals surface area contributed by atoms with Gasteiger partial charge in [-0.25, -0.2) is 9.78 Å². The highest BCUT2D eigenvalue weighted by Gasteiger charge is 2.10. The van der Waals surface area contributed by atoms with E-state index >= 15 is 0 Å². The molecule has 4 rings (SSSR count). The van der Waals surface area contributed by atoms with Crippen LogP contribution in [-0.2, 0) is 0 Å². The fourth-order valence-corrected chi connectivity index (χ4v) is 2.99. The van der Waals surface area contributed by atoms with Gasteiger partial charge in [-0.2, -0.15) is 0 Å². The lowest BCUT2D eigenvalue weighted by atomic mass is 10.2. The number of hydrogen-bond acceptors (Lipinski definition) is 3. The number of rotatable bonds is 3. The van der Waals surface area contributed by atoms with Crippen LogP contribution >= 0.6 is 23.2 Å². The monoisotopic (exact) mass is 397 g/mol. The van der Waals surface area contributed by atoms with Crippen LogP contribution in [0.1, 0.15) is 0 Å². The summed E-state index contributed by atoms with van der Waals surface area (Å²) in [5, 5.41) is 6.63. The quantitative estimate of drug-likeness (QED) is 0.417. The fraction of sp³-hybridized carbons (Fsp3) is 0. The minimum atomic E-state index is -0.383. The van der Waals surface area contributed by atoms with Crippen LogP contribution in [0.2, 0.25) is 10.0 Å². The molecule has 1 heterocycles. The Bertz CT molecular complexity index is 1140. The van der Waals surface area contributed by atoms with Crippen molar-refractivity contribution in [2.45, 2.75) is 0 Å². The molecule has 0 fully saturated rings. The van der Waals surface area contributed by atoms with Crippen molar-refractivity contribution in [2.24, 2.45) is 0 Å². The van der Waals surface area contributed by atoms with Gasteiger partial charge >= 0.3 is 6.03 Å². The molecule has 0 saturated heterocycles. The molecule has 0 aliphatic heterocycles. The molecule has 2 N–H and O–H groups in total. The van der Waals surface area contributed by atoms with Crippen LogP contribution in [0.15, 0.2) is 71.1 Å². The molecular formula is C20H13Cl2N3O2. The molecule has 134 valence electrons. The van der Waals surface area contributed by atoms with Crippen molar-refractivity contribution < 1.29 is 9.21 Å². The number of carbonyl (C=O) groups is 1. The molecule has 0 spiro atoms. The first-order valence-electron chi connectivity index (χ1n) is 8.07. The standard InChI is InChI=1S/C20H13Cl2N3O2/c21-13-4-1-3-12(9-13)19-25-17-8-7-16(11-18(17)27-19)24-20(26)23-15-6-2-5-14(22)10-15/h1-11H,(H2,23,24,26). The third-order valence-electron chi connectivity index (χ3n) is 3.80. The molecule has 0 unspecified atom stereocenters. The second kappa shape index (κ2) is 7.31. The Morgan fingerprint density at radius 1 is 0.852 bits per heavy atom. The second-order valence-electron chi connectivity index (χ2n) is 5.80. The second-order valence-corrected chi connectivity index (χ2v) is 6.67. The number of nitrogens with zero attached hydrogens (tertiary/aromatic N) is 1. The van der Waals surface area contributed by atoms with Gasteiger partial charge in [0, 0.05) is 33.0 Å². The minimum absolute atomic E-state index is 0.383. The fourth-order valence-electron chi connectivity index (χ4n) is 2.61. The smallest absolute Gasteiger partial charge is 0.323 e. The van der Waals surface area contributed by atoms with E-state index < -0.39 is 0 Å². The highest BCUT2D eigenvalue weighted by Crippen LogP contribution is 2.28. The summed E-state index contributed by atoms with van der Waals surface area (Å²) in [6, 6.07) is 19.0. The number of hydrogen-bond donors (Lipinski definition) is 2. The molecule has 1 aromatic heterocycles. The number of benzene rings is 3. The first-order chi connectivity index (χ1) is 13.1. The van der Waals surface area contributed by atoms with E-state index in [4.69, 9.17) is 27.6 Å². The molecule has 3 aromatic carbocycles. The van der Waals surface area contributed by atoms with Gasteiger partial charge < -0.3 is 15.1 Å². The lowest BCUT2D eigenvalue weighted by Crippen LogP contribution is -2.19. The number of nitrogens with one attached hydrogen (secondary N) is 2. The Balaban J connectivity index is 1.54. The summed E-state index contributed by atoms with van der Waals surface area (Å²) in [7, 11) is 0. The van der Waals surface area contributed by atoms with E-state index in [-0.39, 0.29) is 6.03 Å². The van der Waals surface area contributed by atoms with Crippen molar-refractivity contribution in [3.63, 3.8) is 0 Å². The van der Waals surface area contributed by atoms with Gasteiger partial charge in [-0.15, -0.1) is 0 Å². The predicted molar refractivity (Wildman–Crippen MR) is 109 cm³/mol. The summed E-state index contributed by atoms with van der Waals surface area (Å²) in [6.45, 7) is 0. The number of fused-ring (bicyclic) bond motifs is 1. The molecule has 0 radical (unpaired) electrons. The zero-order chi connectivity index (χ0) is 18.8. The molecule has 5 nitrogen and oxygen atoms in total. The van der Waals surface area contributed by atoms with Crippen molar-refractivity contribution in [1.29, 1.82) is 0 Å². The molecular weight excluding hydrogens is 385 g/mol. The number of anilines is 2. The summed E-state index contributed by atoms with van der Waals surface area (Å²) in [5.41, 5.74) is 3.21. The van der Waals surface area contributed by atoms with E-state index in [9.17, 15) is 4.79 Å². The van der Waals surface area contributed by atoms with Crippen molar-refractivity contribution >= 4 is 51.7 Å². The van der Waals surface area contributed by atoms with Crippen molar-refractivity contribution in [3.8, 4) is 11.5 Å². The molecule has 0 aliphatic rings. The Labute approximate surface area is 164 Å². The van der Waals surface area contributed by atoms with Crippen LogP contribution < -0.4 is 10.6 Å². The average Bonchev–Trinajstić information content (AvgIpc) is 3.05. The molecule has 0 aliphatic carbocycles. The van der Waals surface area contributed by atoms with Crippen LogP contribution in [0.25, 0.3) is 22.6 Å². The van der Waals surface area contributed by atoms with E-state index in [2.05, 4.69) is 15.6 Å². The Kier molecular flexibility index (Phi) is 4.71. The van der Waals surface area contributed by atoms with E-state index in [1.54, 1.807) is 54.6 Å².